The van der Waals surface area contributed by atoms with Crippen LogP contribution in [0.15, 0.2) is 27.6 Å². The lowest BCUT2D eigenvalue weighted by Crippen LogP contribution is -2.38. The van der Waals surface area contributed by atoms with Crippen LogP contribution in [0.1, 0.15) is 12.8 Å². The maximum Gasteiger partial charge on any atom is 0.241 e. The summed E-state index contributed by atoms with van der Waals surface area (Å²) in [6, 6.07) is 4.84. The van der Waals surface area contributed by atoms with Crippen LogP contribution in [-0.4, -0.2) is 35.2 Å². The first kappa shape index (κ1) is 18.7. The highest BCUT2D eigenvalue weighted by Gasteiger charge is 2.20. The molecule has 21 heavy (non-hydrogen) atoms. The van der Waals surface area contributed by atoms with E-state index >= 15 is 0 Å². The second-order valence-corrected chi connectivity index (χ2v) is 7.45. The van der Waals surface area contributed by atoms with Gasteiger partial charge in [-0.15, -0.1) is 12.4 Å². The van der Waals surface area contributed by atoms with Crippen molar-refractivity contribution in [1.82, 2.24) is 10.0 Å². The van der Waals surface area contributed by atoms with Gasteiger partial charge >= 0.3 is 0 Å². The second-order valence-electron chi connectivity index (χ2n) is 4.86. The van der Waals surface area contributed by atoms with Crippen LogP contribution in [0.3, 0.4) is 0 Å². The Bertz CT molecular complexity index is 563. The van der Waals surface area contributed by atoms with Crippen LogP contribution in [0.2, 0.25) is 0 Å². The molecule has 1 aromatic carbocycles. The van der Waals surface area contributed by atoms with Gasteiger partial charge in [0.2, 0.25) is 10.0 Å². The number of nitrogens with one attached hydrogen (secondary N) is 2. The van der Waals surface area contributed by atoms with Crippen LogP contribution in [0.25, 0.3) is 0 Å². The number of benzene rings is 1. The average molecular weight is 400 g/mol. The summed E-state index contributed by atoms with van der Waals surface area (Å²) in [5.41, 5.74) is 0. The van der Waals surface area contributed by atoms with Gasteiger partial charge in [-0.25, -0.2) is 13.1 Å². The standard InChI is InChI=1S/C13H19BrN2O3S.ClH/c1-19-11-4-5-13(12(14)7-11)20(17,18)16-9-10-3-2-6-15-8-10;/h4-5,7,10,15-16H,2-3,6,8-9H2,1H3;1H. The summed E-state index contributed by atoms with van der Waals surface area (Å²) < 4.78 is 32.8. The summed E-state index contributed by atoms with van der Waals surface area (Å²) >= 11 is 3.28. The van der Waals surface area contributed by atoms with Crippen LogP contribution in [0, 0.1) is 5.92 Å². The SMILES string of the molecule is COc1ccc(S(=O)(=O)NCC2CCCNC2)c(Br)c1.Cl. The van der Waals surface area contributed by atoms with Crippen LogP contribution < -0.4 is 14.8 Å². The summed E-state index contributed by atoms with van der Waals surface area (Å²) in [6.07, 6.45) is 2.15. The van der Waals surface area contributed by atoms with Crippen molar-refractivity contribution in [3.8, 4) is 5.75 Å². The van der Waals surface area contributed by atoms with Crippen LogP contribution in [0.5, 0.6) is 5.75 Å². The van der Waals surface area contributed by atoms with Crippen molar-refractivity contribution in [3.63, 3.8) is 0 Å². The highest BCUT2D eigenvalue weighted by Crippen LogP contribution is 2.26. The normalized spacial score (nSPS) is 18.9. The largest absolute Gasteiger partial charge is 0.497 e. The molecule has 0 aliphatic carbocycles. The number of ether oxygens (including phenoxy) is 1. The van der Waals surface area contributed by atoms with Crippen molar-refractivity contribution in [3.05, 3.63) is 22.7 Å². The molecule has 1 aliphatic heterocycles. The fourth-order valence-corrected chi connectivity index (χ4v) is 4.40. The molecule has 2 rings (SSSR count). The first-order valence-corrected chi connectivity index (χ1v) is 8.84. The predicted octanol–water partition coefficient (Wildman–Crippen LogP) is 2.16. The highest BCUT2D eigenvalue weighted by atomic mass is 79.9. The lowest BCUT2D eigenvalue weighted by atomic mass is 10.0. The third kappa shape index (κ3) is 5.10. The van der Waals surface area contributed by atoms with Crippen molar-refractivity contribution in [2.75, 3.05) is 26.7 Å². The van der Waals surface area contributed by atoms with Crippen molar-refractivity contribution >= 4 is 38.4 Å². The van der Waals surface area contributed by atoms with E-state index in [1.165, 1.54) is 0 Å². The van der Waals surface area contributed by atoms with E-state index in [2.05, 4.69) is 26.0 Å². The van der Waals surface area contributed by atoms with Crippen molar-refractivity contribution in [2.24, 2.45) is 5.92 Å². The highest BCUT2D eigenvalue weighted by molar-refractivity contribution is 9.10. The summed E-state index contributed by atoms with van der Waals surface area (Å²) in [6.45, 7) is 2.35. The summed E-state index contributed by atoms with van der Waals surface area (Å²) in [5.74, 6) is 0.975. The molecule has 0 aromatic heterocycles. The zero-order chi connectivity index (χ0) is 14.6. The Morgan fingerprint density at radius 1 is 1.48 bits per heavy atom. The zero-order valence-electron chi connectivity index (χ0n) is 11.8. The fourth-order valence-electron chi connectivity index (χ4n) is 2.23. The number of methoxy groups -OCH3 is 1. The summed E-state index contributed by atoms with van der Waals surface area (Å²) in [7, 11) is -1.95. The predicted molar refractivity (Wildman–Crippen MR) is 88.7 cm³/mol. The second kappa shape index (κ2) is 8.33. The molecule has 1 aliphatic rings. The van der Waals surface area contributed by atoms with E-state index in [4.69, 9.17) is 4.74 Å². The number of piperidine rings is 1. The number of rotatable bonds is 5. The quantitative estimate of drug-likeness (QED) is 0.796. The molecule has 1 saturated heterocycles. The Morgan fingerprint density at radius 2 is 2.24 bits per heavy atom. The minimum atomic E-state index is -3.50. The Hall–Kier alpha value is -0.340. The van der Waals surface area contributed by atoms with E-state index in [1.54, 1.807) is 25.3 Å². The minimum Gasteiger partial charge on any atom is -0.497 e. The topological polar surface area (TPSA) is 67.4 Å². The molecule has 5 nitrogen and oxygen atoms in total. The third-order valence-corrected chi connectivity index (χ3v) is 5.79. The number of sulfonamides is 1. The molecule has 1 unspecified atom stereocenters. The molecular formula is C13H20BrClN2O3S. The average Bonchev–Trinajstić information content (AvgIpc) is 2.46. The number of hydrogen-bond acceptors (Lipinski definition) is 4. The minimum absolute atomic E-state index is 0. The van der Waals surface area contributed by atoms with Gasteiger partial charge in [0.1, 0.15) is 5.75 Å². The number of hydrogen-bond donors (Lipinski definition) is 2. The van der Waals surface area contributed by atoms with E-state index in [1.807, 2.05) is 0 Å². The van der Waals surface area contributed by atoms with Gasteiger partial charge in [0.25, 0.3) is 0 Å². The van der Waals surface area contributed by atoms with Crippen molar-refractivity contribution in [2.45, 2.75) is 17.7 Å². The van der Waals surface area contributed by atoms with Crippen LogP contribution in [0.4, 0.5) is 0 Å². The van der Waals surface area contributed by atoms with Gasteiger partial charge in [-0.05, 0) is 66.0 Å². The molecule has 1 heterocycles. The summed E-state index contributed by atoms with van der Waals surface area (Å²) in [4.78, 5) is 0.238. The van der Waals surface area contributed by atoms with Gasteiger partial charge in [-0.3, -0.25) is 0 Å². The van der Waals surface area contributed by atoms with E-state index in [0.29, 0.717) is 22.7 Å². The molecule has 1 atom stereocenters. The van der Waals surface area contributed by atoms with Gasteiger partial charge in [-0.1, -0.05) is 0 Å². The van der Waals surface area contributed by atoms with Crippen molar-refractivity contribution in [1.29, 1.82) is 0 Å². The first-order valence-electron chi connectivity index (χ1n) is 6.57. The maximum atomic E-state index is 12.3. The Labute approximate surface area is 140 Å². The molecule has 0 bridgehead atoms. The Kier molecular flexibility index (Phi) is 7.42. The molecule has 2 N–H and O–H groups in total. The van der Waals surface area contributed by atoms with Gasteiger partial charge < -0.3 is 10.1 Å². The van der Waals surface area contributed by atoms with E-state index in [0.717, 1.165) is 25.9 Å². The van der Waals surface area contributed by atoms with Gasteiger partial charge in [0.15, 0.2) is 0 Å². The van der Waals surface area contributed by atoms with Crippen molar-refractivity contribution < 1.29 is 13.2 Å². The van der Waals surface area contributed by atoms with Crippen LogP contribution >= 0.6 is 28.3 Å². The van der Waals surface area contributed by atoms with Gasteiger partial charge in [0, 0.05) is 11.0 Å². The Morgan fingerprint density at radius 3 is 2.81 bits per heavy atom. The monoisotopic (exact) mass is 398 g/mol. The molecule has 120 valence electrons. The van der Waals surface area contributed by atoms with Gasteiger partial charge in [0.05, 0.1) is 12.0 Å². The third-order valence-electron chi connectivity index (χ3n) is 3.39. The molecule has 8 heteroatoms. The maximum absolute atomic E-state index is 12.3. The molecular weight excluding hydrogens is 380 g/mol. The molecule has 1 aromatic rings. The summed E-state index contributed by atoms with van der Waals surface area (Å²) in [5, 5.41) is 3.28. The molecule has 0 amide bonds. The van der Waals surface area contributed by atoms with Crippen LogP contribution in [-0.2, 0) is 10.0 Å². The lowest BCUT2D eigenvalue weighted by molar-refractivity contribution is 0.376. The molecule has 0 saturated carbocycles. The van der Waals surface area contributed by atoms with E-state index < -0.39 is 10.0 Å². The lowest BCUT2D eigenvalue weighted by Gasteiger charge is -2.23. The van der Waals surface area contributed by atoms with E-state index in [9.17, 15) is 8.42 Å². The molecule has 0 radical (unpaired) electrons. The zero-order valence-corrected chi connectivity index (χ0v) is 15.0. The first-order chi connectivity index (χ1) is 9.53. The Balaban J connectivity index is 0.00000220. The molecule has 0 spiro atoms. The van der Waals surface area contributed by atoms with E-state index in [-0.39, 0.29) is 17.3 Å². The van der Waals surface area contributed by atoms with Gasteiger partial charge in [-0.2, -0.15) is 0 Å². The number of halogens is 2. The smallest absolute Gasteiger partial charge is 0.241 e. The molecule has 1 fully saturated rings. The fraction of sp³-hybridized carbons (Fsp3) is 0.538.